The van der Waals surface area contributed by atoms with Gasteiger partial charge in [-0.2, -0.15) is 0 Å². The van der Waals surface area contributed by atoms with Crippen molar-refractivity contribution in [2.75, 3.05) is 0 Å². The van der Waals surface area contributed by atoms with Crippen LogP contribution in [0.5, 0.6) is 0 Å². The molecule has 100 valence electrons. The second-order valence-electron chi connectivity index (χ2n) is 7.18. The van der Waals surface area contributed by atoms with Gasteiger partial charge in [0.15, 0.2) is 0 Å². The Morgan fingerprint density at radius 2 is 1.94 bits per heavy atom. The maximum absolute atomic E-state index is 10.7. The number of hydrogen-bond donors (Lipinski definition) is 1. The Hall–Kier alpha value is -0.0400. The zero-order valence-corrected chi connectivity index (χ0v) is 11.9. The molecule has 0 aromatic heterocycles. The molecule has 2 saturated carbocycles. The van der Waals surface area contributed by atoms with E-state index in [-0.39, 0.29) is 6.10 Å². The largest absolute Gasteiger partial charge is 0.393 e. The van der Waals surface area contributed by atoms with Crippen molar-refractivity contribution >= 4 is 0 Å². The maximum atomic E-state index is 10.7. The molecule has 0 radical (unpaired) electrons. The third-order valence-corrected chi connectivity index (χ3v) is 5.64. The summed E-state index contributed by atoms with van der Waals surface area (Å²) in [5.74, 6) is 2.03. The third kappa shape index (κ3) is 2.86. The van der Waals surface area contributed by atoms with Crippen LogP contribution in [0, 0.1) is 23.2 Å². The Morgan fingerprint density at radius 1 is 1.18 bits per heavy atom. The summed E-state index contributed by atoms with van der Waals surface area (Å²) in [5.41, 5.74) is 0.374. The first-order valence-electron chi connectivity index (χ1n) is 7.72. The third-order valence-electron chi connectivity index (χ3n) is 5.64. The van der Waals surface area contributed by atoms with E-state index in [0.29, 0.717) is 17.3 Å². The van der Waals surface area contributed by atoms with Gasteiger partial charge < -0.3 is 5.11 Å². The van der Waals surface area contributed by atoms with Gasteiger partial charge in [-0.25, -0.2) is 0 Å². The van der Waals surface area contributed by atoms with Crippen molar-refractivity contribution in [3.8, 4) is 0 Å². The summed E-state index contributed by atoms with van der Waals surface area (Å²) in [6.45, 7) is 7.01. The lowest BCUT2D eigenvalue weighted by Gasteiger charge is -2.39. The minimum Gasteiger partial charge on any atom is -0.393 e. The molecule has 0 aromatic carbocycles. The van der Waals surface area contributed by atoms with Crippen LogP contribution in [0.25, 0.3) is 0 Å². The summed E-state index contributed by atoms with van der Waals surface area (Å²) in [6.07, 6.45) is 10.4. The topological polar surface area (TPSA) is 20.2 Å². The summed E-state index contributed by atoms with van der Waals surface area (Å²) in [7, 11) is 0. The molecule has 0 spiro atoms. The van der Waals surface area contributed by atoms with Crippen molar-refractivity contribution in [2.24, 2.45) is 23.2 Å². The molecule has 4 atom stereocenters. The zero-order valence-electron chi connectivity index (χ0n) is 11.9. The van der Waals surface area contributed by atoms with Gasteiger partial charge in [0.05, 0.1) is 6.10 Å². The molecule has 2 aliphatic carbocycles. The molecule has 1 N–H and O–H groups in total. The van der Waals surface area contributed by atoms with Crippen LogP contribution in [-0.2, 0) is 0 Å². The Balaban J connectivity index is 1.97. The lowest BCUT2D eigenvalue weighted by molar-refractivity contribution is -0.0117. The molecule has 2 aliphatic rings. The summed E-state index contributed by atoms with van der Waals surface area (Å²) >= 11 is 0. The second kappa shape index (κ2) is 5.30. The molecule has 1 nitrogen and oxygen atoms in total. The van der Waals surface area contributed by atoms with Crippen LogP contribution in [0.4, 0.5) is 0 Å². The fourth-order valence-electron chi connectivity index (χ4n) is 4.33. The SMILES string of the molecule is CCC1CCCC(C(O)C2CCCC2(C)C)C1. The Morgan fingerprint density at radius 3 is 2.53 bits per heavy atom. The van der Waals surface area contributed by atoms with E-state index in [1.807, 2.05) is 0 Å². The molecular weight excluding hydrogens is 208 g/mol. The van der Waals surface area contributed by atoms with E-state index >= 15 is 0 Å². The van der Waals surface area contributed by atoms with Crippen molar-refractivity contribution in [3.05, 3.63) is 0 Å². The maximum Gasteiger partial charge on any atom is 0.0601 e. The van der Waals surface area contributed by atoms with Crippen molar-refractivity contribution in [1.82, 2.24) is 0 Å². The van der Waals surface area contributed by atoms with Crippen molar-refractivity contribution in [3.63, 3.8) is 0 Å². The summed E-state index contributed by atoms with van der Waals surface area (Å²) in [6, 6.07) is 0. The molecule has 0 saturated heterocycles. The van der Waals surface area contributed by atoms with Gasteiger partial charge in [-0.3, -0.25) is 0 Å². The van der Waals surface area contributed by atoms with Crippen LogP contribution < -0.4 is 0 Å². The van der Waals surface area contributed by atoms with E-state index in [1.165, 1.54) is 51.4 Å². The van der Waals surface area contributed by atoms with Crippen LogP contribution in [0.2, 0.25) is 0 Å². The van der Waals surface area contributed by atoms with Crippen molar-refractivity contribution in [1.29, 1.82) is 0 Å². The van der Waals surface area contributed by atoms with E-state index in [0.717, 1.165) is 5.92 Å². The fraction of sp³-hybridized carbons (Fsp3) is 1.00. The average Bonchev–Trinajstić information content (AvgIpc) is 2.68. The highest BCUT2D eigenvalue weighted by molar-refractivity contribution is 4.92. The van der Waals surface area contributed by atoms with E-state index < -0.39 is 0 Å². The van der Waals surface area contributed by atoms with Gasteiger partial charge in [0, 0.05) is 0 Å². The van der Waals surface area contributed by atoms with Crippen LogP contribution in [0.3, 0.4) is 0 Å². The Bertz CT molecular complexity index is 246. The fourth-order valence-corrected chi connectivity index (χ4v) is 4.33. The highest BCUT2D eigenvalue weighted by atomic mass is 16.3. The van der Waals surface area contributed by atoms with Gasteiger partial charge in [-0.1, -0.05) is 46.5 Å². The molecular formula is C16H30O. The first-order chi connectivity index (χ1) is 8.04. The zero-order chi connectivity index (χ0) is 12.5. The van der Waals surface area contributed by atoms with Gasteiger partial charge in [0.2, 0.25) is 0 Å². The van der Waals surface area contributed by atoms with Gasteiger partial charge in [-0.15, -0.1) is 0 Å². The molecule has 4 unspecified atom stereocenters. The van der Waals surface area contributed by atoms with Crippen molar-refractivity contribution in [2.45, 2.75) is 78.2 Å². The smallest absolute Gasteiger partial charge is 0.0601 e. The summed E-state index contributed by atoms with van der Waals surface area (Å²) < 4.78 is 0. The molecule has 0 heterocycles. The van der Waals surface area contributed by atoms with Gasteiger partial charge in [-0.05, 0) is 48.9 Å². The summed E-state index contributed by atoms with van der Waals surface area (Å²) in [5, 5.41) is 10.7. The summed E-state index contributed by atoms with van der Waals surface area (Å²) in [4.78, 5) is 0. The van der Waals surface area contributed by atoms with Crippen LogP contribution >= 0.6 is 0 Å². The lowest BCUT2D eigenvalue weighted by atomic mass is 9.69. The molecule has 2 rings (SSSR count). The van der Waals surface area contributed by atoms with E-state index in [2.05, 4.69) is 20.8 Å². The Kier molecular flexibility index (Phi) is 4.18. The molecule has 0 bridgehead atoms. The standard InChI is InChI=1S/C16H30O/c1-4-12-7-5-8-13(11-12)15(17)14-9-6-10-16(14,2)3/h12-15,17H,4-11H2,1-3H3. The first kappa shape index (κ1) is 13.4. The van der Waals surface area contributed by atoms with Crippen LogP contribution in [0.1, 0.15) is 72.1 Å². The molecule has 0 aromatic rings. The predicted octanol–water partition coefficient (Wildman–Crippen LogP) is 4.39. The minimum atomic E-state index is -0.0261. The van der Waals surface area contributed by atoms with Crippen molar-refractivity contribution < 1.29 is 5.11 Å². The van der Waals surface area contributed by atoms with Crippen LogP contribution in [0.15, 0.2) is 0 Å². The minimum absolute atomic E-state index is 0.0261. The predicted molar refractivity (Wildman–Crippen MR) is 72.9 cm³/mol. The molecule has 2 fully saturated rings. The van der Waals surface area contributed by atoms with E-state index in [9.17, 15) is 5.11 Å². The first-order valence-corrected chi connectivity index (χ1v) is 7.72. The highest BCUT2D eigenvalue weighted by Crippen LogP contribution is 2.48. The second-order valence-corrected chi connectivity index (χ2v) is 7.18. The molecule has 17 heavy (non-hydrogen) atoms. The van der Waals surface area contributed by atoms with Crippen LogP contribution in [-0.4, -0.2) is 11.2 Å². The highest BCUT2D eigenvalue weighted by Gasteiger charge is 2.42. The van der Waals surface area contributed by atoms with E-state index in [1.54, 1.807) is 0 Å². The van der Waals surface area contributed by atoms with Gasteiger partial charge in [0.1, 0.15) is 0 Å². The molecule has 1 heteroatoms. The monoisotopic (exact) mass is 238 g/mol. The number of hydrogen-bond acceptors (Lipinski definition) is 1. The normalized spacial score (nSPS) is 39.2. The number of aliphatic hydroxyl groups excluding tert-OH is 1. The van der Waals surface area contributed by atoms with Gasteiger partial charge >= 0.3 is 0 Å². The molecule has 0 amide bonds. The molecule has 0 aliphatic heterocycles. The Labute approximate surface area is 107 Å². The number of rotatable bonds is 3. The lowest BCUT2D eigenvalue weighted by Crippen LogP contribution is -2.37. The average molecular weight is 238 g/mol. The quantitative estimate of drug-likeness (QED) is 0.773. The van der Waals surface area contributed by atoms with E-state index in [4.69, 9.17) is 0 Å². The van der Waals surface area contributed by atoms with Gasteiger partial charge in [0.25, 0.3) is 0 Å². The number of aliphatic hydroxyl groups is 1.